The quantitative estimate of drug-likeness (QED) is 0.511. The van der Waals surface area contributed by atoms with Crippen molar-refractivity contribution in [2.24, 2.45) is 0 Å². The molecule has 0 aliphatic rings. The van der Waals surface area contributed by atoms with Crippen LogP contribution in [0.5, 0.6) is 11.5 Å². The normalized spacial score (nSPS) is 10.2. The zero-order chi connectivity index (χ0) is 20.4. The molecule has 2 rings (SSSR count). The van der Waals surface area contributed by atoms with E-state index in [1.54, 1.807) is 30.3 Å². The number of benzene rings is 2. The Labute approximate surface area is 165 Å². The molecule has 2 amide bonds. The lowest BCUT2D eigenvalue weighted by Crippen LogP contribution is -2.43. The van der Waals surface area contributed by atoms with Gasteiger partial charge < -0.3 is 14.2 Å². The molecule has 0 saturated carbocycles. The smallest absolute Gasteiger partial charge is 0.276 e. The second-order valence-corrected chi connectivity index (χ2v) is 6.06. The monoisotopic (exact) mass is 386 g/mol. The number of hydrazine groups is 1. The van der Waals surface area contributed by atoms with E-state index in [-0.39, 0.29) is 6.61 Å². The van der Waals surface area contributed by atoms with E-state index < -0.39 is 11.8 Å². The summed E-state index contributed by atoms with van der Waals surface area (Å²) in [7, 11) is 0. The van der Waals surface area contributed by atoms with Gasteiger partial charge in [-0.1, -0.05) is 12.1 Å². The third kappa shape index (κ3) is 6.59. The van der Waals surface area contributed by atoms with Crippen molar-refractivity contribution in [2.45, 2.75) is 20.8 Å². The summed E-state index contributed by atoms with van der Waals surface area (Å²) in [4.78, 5) is 24.0. The highest BCUT2D eigenvalue weighted by atomic mass is 16.5. The van der Waals surface area contributed by atoms with Crippen LogP contribution in [0.15, 0.2) is 42.5 Å². The van der Waals surface area contributed by atoms with Gasteiger partial charge in [-0.05, 0) is 62.2 Å². The molecule has 0 saturated heterocycles. The Morgan fingerprint density at radius 2 is 1.68 bits per heavy atom. The van der Waals surface area contributed by atoms with Gasteiger partial charge in [-0.2, -0.15) is 0 Å². The summed E-state index contributed by atoms with van der Waals surface area (Å²) in [6.45, 7) is 7.21. The predicted molar refractivity (Wildman–Crippen MR) is 105 cm³/mol. The molecule has 0 aromatic heterocycles. The van der Waals surface area contributed by atoms with Gasteiger partial charge in [0, 0.05) is 12.2 Å². The molecule has 0 fully saturated rings. The molecule has 0 spiro atoms. The summed E-state index contributed by atoms with van der Waals surface area (Å²) in [5, 5.41) is 0. The molecule has 0 unspecified atom stereocenters. The zero-order valence-corrected chi connectivity index (χ0v) is 16.4. The Morgan fingerprint density at radius 3 is 2.39 bits per heavy atom. The van der Waals surface area contributed by atoms with Crippen molar-refractivity contribution in [1.82, 2.24) is 10.9 Å². The van der Waals surface area contributed by atoms with Crippen LogP contribution in [0.3, 0.4) is 0 Å². The number of carbonyl (C=O) groups is 2. The number of carbonyl (C=O) groups excluding carboxylic acids is 2. The lowest BCUT2D eigenvalue weighted by atomic mass is 10.1. The molecular formula is C21H26N2O5. The zero-order valence-electron chi connectivity index (χ0n) is 16.4. The number of rotatable bonds is 9. The van der Waals surface area contributed by atoms with Crippen LogP contribution in [0.4, 0.5) is 0 Å². The Kier molecular flexibility index (Phi) is 8.30. The molecule has 150 valence electrons. The van der Waals surface area contributed by atoms with Gasteiger partial charge in [-0.3, -0.25) is 20.4 Å². The van der Waals surface area contributed by atoms with Crippen molar-refractivity contribution >= 4 is 11.8 Å². The van der Waals surface area contributed by atoms with E-state index in [0.29, 0.717) is 36.9 Å². The van der Waals surface area contributed by atoms with Crippen molar-refractivity contribution in [1.29, 1.82) is 0 Å². The van der Waals surface area contributed by atoms with Crippen LogP contribution in [-0.4, -0.2) is 38.2 Å². The topological polar surface area (TPSA) is 85.9 Å². The minimum absolute atomic E-state index is 0.197. The highest BCUT2D eigenvalue weighted by molar-refractivity contribution is 5.95. The highest BCUT2D eigenvalue weighted by Crippen LogP contribution is 2.20. The van der Waals surface area contributed by atoms with Gasteiger partial charge in [0.1, 0.15) is 18.1 Å². The third-order valence-corrected chi connectivity index (χ3v) is 4.05. The Balaban J connectivity index is 1.75. The van der Waals surface area contributed by atoms with Gasteiger partial charge in [-0.15, -0.1) is 0 Å². The lowest BCUT2D eigenvalue weighted by Gasteiger charge is -2.12. The molecule has 28 heavy (non-hydrogen) atoms. The molecular weight excluding hydrogens is 360 g/mol. The summed E-state index contributed by atoms with van der Waals surface area (Å²) < 4.78 is 16.2. The SMILES string of the molecule is CCOCCOc1ccc(C(=O)NNC(=O)COc2cccc(C)c2C)cc1. The van der Waals surface area contributed by atoms with E-state index in [4.69, 9.17) is 14.2 Å². The molecule has 0 aliphatic carbocycles. The van der Waals surface area contributed by atoms with Crippen molar-refractivity contribution in [3.8, 4) is 11.5 Å². The highest BCUT2D eigenvalue weighted by Gasteiger charge is 2.09. The van der Waals surface area contributed by atoms with E-state index in [9.17, 15) is 9.59 Å². The average molecular weight is 386 g/mol. The first kappa shape index (κ1) is 21.2. The van der Waals surface area contributed by atoms with Crippen LogP contribution < -0.4 is 20.3 Å². The number of hydrogen-bond donors (Lipinski definition) is 2. The Hall–Kier alpha value is -3.06. The van der Waals surface area contributed by atoms with Crippen molar-refractivity contribution in [2.75, 3.05) is 26.4 Å². The van der Waals surface area contributed by atoms with E-state index in [1.807, 2.05) is 32.9 Å². The molecule has 2 aromatic rings. The fourth-order valence-electron chi connectivity index (χ4n) is 2.32. The molecule has 7 nitrogen and oxygen atoms in total. The molecule has 2 N–H and O–H groups in total. The van der Waals surface area contributed by atoms with Gasteiger partial charge in [-0.25, -0.2) is 0 Å². The van der Waals surface area contributed by atoms with Gasteiger partial charge in [0.25, 0.3) is 11.8 Å². The van der Waals surface area contributed by atoms with Crippen molar-refractivity contribution in [3.63, 3.8) is 0 Å². The first-order valence-corrected chi connectivity index (χ1v) is 9.10. The maximum Gasteiger partial charge on any atom is 0.276 e. The number of hydrogen-bond acceptors (Lipinski definition) is 5. The molecule has 2 aromatic carbocycles. The second kappa shape index (κ2) is 10.9. The molecule has 0 aliphatic heterocycles. The average Bonchev–Trinajstić information content (AvgIpc) is 2.71. The molecule has 0 radical (unpaired) electrons. The van der Waals surface area contributed by atoms with E-state index in [0.717, 1.165) is 11.1 Å². The maximum atomic E-state index is 12.1. The fraction of sp³-hybridized carbons (Fsp3) is 0.333. The van der Waals surface area contributed by atoms with Crippen LogP contribution in [-0.2, 0) is 9.53 Å². The van der Waals surface area contributed by atoms with E-state index in [1.165, 1.54) is 0 Å². The predicted octanol–water partition coefficient (Wildman–Crippen LogP) is 2.56. The molecule has 0 atom stereocenters. The van der Waals surface area contributed by atoms with Crippen LogP contribution in [0.2, 0.25) is 0 Å². The number of amides is 2. The summed E-state index contributed by atoms with van der Waals surface area (Å²) >= 11 is 0. The number of ether oxygens (including phenoxy) is 3. The van der Waals surface area contributed by atoms with Gasteiger partial charge >= 0.3 is 0 Å². The molecule has 0 heterocycles. The molecule has 0 bridgehead atoms. The largest absolute Gasteiger partial charge is 0.491 e. The summed E-state index contributed by atoms with van der Waals surface area (Å²) in [6.07, 6.45) is 0. The van der Waals surface area contributed by atoms with Crippen LogP contribution >= 0.6 is 0 Å². The second-order valence-electron chi connectivity index (χ2n) is 6.06. The van der Waals surface area contributed by atoms with E-state index in [2.05, 4.69) is 10.9 Å². The first-order valence-electron chi connectivity index (χ1n) is 9.10. The van der Waals surface area contributed by atoms with Crippen LogP contribution in [0.25, 0.3) is 0 Å². The minimum Gasteiger partial charge on any atom is -0.491 e. The standard InChI is InChI=1S/C21H26N2O5/c1-4-26-12-13-27-18-10-8-17(9-11-18)21(25)23-22-20(24)14-28-19-7-5-6-15(2)16(19)3/h5-11H,4,12-14H2,1-3H3,(H,22,24)(H,23,25). The van der Waals surface area contributed by atoms with E-state index >= 15 is 0 Å². The Bertz CT molecular complexity index is 790. The first-order chi connectivity index (χ1) is 13.5. The van der Waals surface area contributed by atoms with Crippen molar-refractivity contribution < 1.29 is 23.8 Å². The minimum atomic E-state index is -0.454. The van der Waals surface area contributed by atoms with Crippen molar-refractivity contribution in [3.05, 3.63) is 59.2 Å². The molecule has 7 heteroatoms. The van der Waals surface area contributed by atoms with Gasteiger partial charge in [0.15, 0.2) is 6.61 Å². The summed E-state index contributed by atoms with van der Waals surface area (Å²) in [5.41, 5.74) is 7.15. The van der Waals surface area contributed by atoms with Gasteiger partial charge in [0.2, 0.25) is 0 Å². The van der Waals surface area contributed by atoms with Crippen LogP contribution in [0.1, 0.15) is 28.4 Å². The van der Waals surface area contributed by atoms with Gasteiger partial charge in [0.05, 0.1) is 6.61 Å². The van der Waals surface area contributed by atoms with Crippen LogP contribution in [0, 0.1) is 13.8 Å². The lowest BCUT2D eigenvalue weighted by molar-refractivity contribution is -0.123. The number of aryl methyl sites for hydroxylation is 1. The maximum absolute atomic E-state index is 12.1. The summed E-state index contributed by atoms with van der Waals surface area (Å²) in [5.74, 6) is 0.398. The number of nitrogens with one attached hydrogen (secondary N) is 2. The fourth-order valence-corrected chi connectivity index (χ4v) is 2.32. The third-order valence-electron chi connectivity index (χ3n) is 4.05. The summed E-state index contributed by atoms with van der Waals surface area (Å²) in [6, 6.07) is 12.2. The Morgan fingerprint density at radius 1 is 0.929 bits per heavy atom.